The van der Waals surface area contributed by atoms with Crippen LogP contribution in [0.5, 0.6) is 0 Å². The van der Waals surface area contributed by atoms with Gasteiger partial charge in [-0.25, -0.2) is 0 Å². The number of benzene rings is 1. The predicted molar refractivity (Wildman–Crippen MR) is 41.4 cm³/mol. The SMILES string of the molecule is C[C@@H]([NH3+])c1ccccc1.O.[F-]. The Labute approximate surface area is 65.7 Å². The van der Waals surface area contributed by atoms with Gasteiger partial charge in [0.2, 0.25) is 0 Å². The Kier molecular flexibility index (Phi) is 6.74. The molecule has 0 aromatic heterocycles. The largest absolute Gasteiger partial charge is 1.00 e. The molecule has 0 fully saturated rings. The van der Waals surface area contributed by atoms with Gasteiger partial charge >= 0.3 is 0 Å². The first-order chi connectivity index (χ1) is 4.30. The second-order valence-corrected chi connectivity index (χ2v) is 2.31. The summed E-state index contributed by atoms with van der Waals surface area (Å²) in [6.45, 7) is 2.09. The molecule has 0 radical (unpaired) electrons. The van der Waals surface area contributed by atoms with Gasteiger partial charge in [0, 0.05) is 5.56 Å². The minimum atomic E-state index is 0. The summed E-state index contributed by atoms with van der Waals surface area (Å²) in [5.41, 5.74) is 5.21. The Balaban J connectivity index is 0. The number of hydrogen-bond acceptors (Lipinski definition) is 0. The number of quaternary nitrogens is 1. The van der Waals surface area contributed by atoms with Crippen molar-refractivity contribution in [3.63, 3.8) is 0 Å². The topological polar surface area (TPSA) is 59.1 Å². The first-order valence-electron chi connectivity index (χ1n) is 3.18. The summed E-state index contributed by atoms with van der Waals surface area (Å²) in [4.78, 5) is 0. The van der Waals surface area contributed by atoms with Crippen LogP contribution in [-0.2, 0) is 0 Å². The molecular formula is C8H14FNO. The molecule has 11 heavy (non-hydrogen) atoms. The van der Waals surface area contributed by atoms with Gasteiger partial charge in [-0.1, -0.05) is 30.3 Å². The molecule has 0 aliphatic carbocycles. The number of rotatable bonds is 1. The number of hydrogen-bond donors (Lipinski definition) is 1. The highest BCUT2D eigenvalue weighted by molar-refractivity contribution is 5.15. The fourth-order valence-electron chi connectivity index (χ4n) is 0.782. The van der Waals surface area contributed by atoms with Gasteiger partial charge in [-0.15, -0.1) is 0 Å². The van der Waals surface area contributed by atoms with Gasteiger partial charge in [-0.05, 0) is 6.92 Å². The van der Waals surface area contributed by atoms with E-state index in [0.717, 1.165) is 0 Å². The number of halogens is 1. The van der Waals surface area contributed by atoms with E-state index in [4.69, 9.17) is 0 Å². The maximum atomic E-state index is 3.91. The van der Waals surface area contributed by atoms with E-state index in [9.17, 15) is 0 Å². The molecule has 5 N–H and O–H groups in total. The first-order valence-corrected chi connectivity index (χ1v) is 3.18. The van der Waals surface area contributed by atoms with Crippen molar-refractivity contribution in [3.8, 4) is 0 Å². The van der Waals surface area contributed by atoms with Gasteiger partial charge < -0.3 is 15.9 Å². The quantitative estimate of drug-likeness (QED) is 0.459. The van der Waals surface area contributed by atoms with Gasteiger partial charge in [-0.2, -0.15) is 0 Å². The molecule has 1 rings (SSSR count). The Morgan fingerprint density at radius 1 is 1.18 bits per heavy atom. The Morgan fingerprint density at radius 3 is 1.91 bits per heavy atom. The third kappa shape index (κ3) is 3.70. The van der Waals surface area contributed by atoms with Gasteiger partial charge in [0.15, 0.2) is 0 Å². The molecule has 3 heteroatoms. The second kappa shape index (κ2) is 5.82. The maximum Gasteiger partial charge on any atom is 0.107 e. The van der Waals surface area contributed by atoms with E-state index in [2.05, 4.69) is 24.8 Å². The average Bonchev–Trinajstić information content (AvgIpc) is 1.90. The summed E-state index contributed by atoms with van der Waals surface area (Å²) < 4.78 is 0. The van der Waals surface area contributed by atoms with Crippen molar-refractivity contribution in [3.05, 3.63) is 35.9 Å². The van der Waals surface area contributed by atoms with E-state index in [1.54, 1.807) is 0 Å². The van der Waals surface area contributed by atoms with Crippen molar-refractivity contribution in [2.45, 2.75) is 13.0 Å². The van der Waals surface area contributed by atoms with Crippen molar-refractivity contribution >= 4 is 0 Å². The first kappa shape index (κ1) is 12.7. The summed E-state index contributed by atoms with van der Waals surface area (Å²) >= 11 is 0. The molecular weight excluding hydrogens is 145 g/mol. The van der Waals surface area contributed by atoms with Crippen LogP contribution in [0.25, 0.3) is 0 Å². The van der Waals surface area contributed by atoms with Gasteiger partial charge in [0.1, 0.15) is 6.04 Å². The molecule has 1 aromatic rings. The van der Waals surface area contributed by atoms with Crippen LogP contribution in [0.1, 0.15) is 18.5 Å². The summed E-state index contributed by atoms with van der Waals surface area (Å²) in [7, 11) is 0. The standard InChI is InChI=1S/C8H11N.FH.H2O/c1-7(9)8-5-3-2-4-6-8;;/h2-7H,9H2,1H3;1H;1H2/t7-;;/m1../s1. The van der Waals surface area contributed by atoms with Crippen molar-refractivity contribution in [2.24, 2.45) is 0 Å². The predicted octanol–water partition coefficient (Wildman–Crippen LogP) is -2.83. The average molecular weight is 159 g/mol. The molecule has 2 nitrogen and oxygen atoms in total. The lowest BCUT2D eigenvalue weighted by molar-refractivity contribution is -0.420. The van der Waals surface area contributed by atoms with E-state index in [1.807, 2.05) is 18.2 Å². The molecule has 0 saturated carbocycles. The Hall–Kier alpha value is -0.930. The third-order valence-corrected chi connectivity index (χ3v) is 1.37. The zero-order chi connectivity index (χ0) is 6.69. The lowest BCUT2D eigenvalue weighted by Crippen LogP contribution is -3.00. The van der Waals surface area contributed by atoms with E-state index in [1.165, 1.54) is 5.56 Å². The summed E-state index contributed by atoms with van der Waals surface area (Å²) in [5, 5.41) is 0. The molecule has 64 valence electrons. The van der Waals surface area contributed by atoms with Gasteiger partial charge in [0.05, 0.1) is 0 Å². The van der Waals surface area contributed by atoms with Crippen molar-refractivity contribution < 1.29 is 15.9 Å². The van der Waals surface area contributed by atoms with Crippen molar-refractivity contribution in [2.75, 3.05) is 0 Å². The molecule has 0 saturated heterocycles. The molecule has 0 bridgehead atoms. The van der Waals surface area contributed by atoms with Crippen LogP contribution in [0.4, 0.5) is 0 Å². The highest BCUT2D eigenvalue weighted by atomic mass is 19.0. The lowest BCUT2D eigenvalue weighted by atomic mass is 10.1. The smallest absolute Gasteiger partial charge is 0.107 e. The summed E-state index contributed by atoms with van der Waals surface area (Å²) in [5.74, 6) is 0. The molecule has 0 amide bonds. The zero-order valence-electron chi connectivity index (χ0n) is 6.55. The Bertz CT molecular complexity index is 177. The van der Waals surface area contributed by atoms with Crippen LogP contribution < -0.4 is 10.4 Å². The molecule has 0 aliphatic rings. The fraction of sp³-hybridized carbons (Fsp3) is 0.250. The highest BCUT2D eigenvalue weighted by Crippen LogP contribution is 2.04. The highest BCUT2D eigenvalue weighted by Gasteiger charge is 1.97. The Morgan fingerprint density at radius 2 is 1.64 bits per heavy atom. The third-order valence-electron chi connectivity index (χ3n) is 1.37. The molecule has 0 heterocycles. The van der Waals surface area contributed by atoms with Crippen LogP contribution in [0.15, 0.2) is 30.3 Å². The second-order valence-electron chi connectivity index (χ2n) is 2.31. The van der Waals surface area contributed by atoms with E-state index >= 15 is 0 Å². The maximum absolute atomic E-state index is 3.91. The van der Waals surface area contributed by atoms with Crippen LogP contribution in [0, 0.1) is 0 Å². The van der Waals surface area contributed by atoms with Crippen LogP contribution in [-0.4, -0.2) is 5.48 Å². The molecule has 1 atom stereocenters. The van der Waals surface area contributed by atoms with Crippen LogP contribution in [0.3, 0.4) is 0 Å². The van der Waals surface area contributed by atoms with Gasteiger partial charge in [-0.3, -0.25) is 0 Å². The van der Waals surface area contributed by atoms with Crippen molar-refractivity contribution in [1.29, 1.82) is 0 Å². The monoisotopic (exact) mass is 159 g/mol. The van der Waals surface area contributed by atoms with Crippen LogP contribution >= 0.6 is 0 Å². The molecule has 0 unspecified atom stereocenters. The minimum absolute atomic E-state index is 0. The molecule has 0 spiro atoms. The minimum Gasteiger partial charge on any atom is -1.00 e. The zero-order valence-corrected chi connectivity index (χ0v) is 6.55. The molecule has 1 aromatic carbocycles. The van der Waals surface area contributed by atoms with Gasteiger partial charge in [0.25, 0.3) is 0 Å². The fourth-order valence-corrected chi connectivity index (χ4v) is 0.782. The van der Waals surface area contributed by atoms with Crippen molar-refractivity contribution in [1.82, 2.24) is 0 Å². The lowest BCUT2D eigenvalue weighted by Gasteiger charge is -1.98. The van der Waals surface area contributed by atoms with E-state index in [-0.39, 0.29) is 10.2 Å². The molecule has 0 aliphatic heterocycles. The van der Waals surface area contributed by atoms with E-state index < -0.39 is 0 Å². The summed E-state index contributed by atoms with van der Waals surface area (Å²) in [6.07, 6.45) is 0. The van der Waals surface area contributed by atoms with Crippen LogP contribution in [0.2, 0.25) is 0 Å². The van der Waals surface area contributed by atoms with E-state index in [0.29, 0.717) is 6.04 Å². The summed E-state index contributed by atoms with van der Waals surface area (Å²) in [6, 6.07) is 10.7. The normalized spacial score (nSPS) is 10.7.